The first kappa shape index (κ1) is 12.8. The van der Waals surface area contributed by atoms with E-state index in [9.17, 15) is 4.79 Å². The van der Waals surface area contributed by atoms with Gasteiger partial charge in [0.05, 0.1) is 6.04 Å². The van der Waals surface area contributed by atoms with Crippen LogP contribution in [-0.2, 0) is 0 Å². The third-order valence-electron chi connectivity index (χ3n) is 2.77. The van der Waals surface area contributed by atoms with Gasteiger partial charge in [0.15, 0.2) is 0 Å². The summed E-state index contributed by atoms with van der Waals surface area (Å²) in [7, 11) is 0. The average molecular weight is 263 g/mol. The van der Waals surface area contributed by atoms with Gasteiger partial charge in [-0.3, -0.25) is 4.79 Å². The van der Waals surface area contributed by atoms with Crippen LogP contribution in [-0.4, -0.2) is 9.97 Å². The van der Waals surface area contributed by atoms with Crippen LogP contribution in [0, 0.1) is 20.8 Å². The molecular weight excluding hydrogens is 246 g/mol. The zero-order valence-corrected chi connectivity index (χ0v) is 11.8. The minimum atomic E-state index is -0.129. The van der Waals surface area contributed by atoms with Crippen LogP contribution >= 0.6 is 11.3 Å². The molecule has 0 spiro atoms. The Morgan fingerprint density at radius 1 is 1.33 bits per heavy atom. The molecule has 2 aromatic heterocycles. The molecule has 2 N–H and O–H groups in total. The van der Waals surface area contributed by atoms with Crippen molar-refractivity contribution in [1.29, 1.82) is 0 Å². The van der Waals surface area contributed by atoms with Crippen molar-refractivity contribution in [1.82, 2.24) is 9.97 Å². The molecule has 0 bridgehead atoms. The van der Waals surface area contributed by atoms with E-state index in [1.807, 2.05) is 0 Å². The molecule has 96 valence electrons. The number of nitrogens with zero attached hydrogens (tertiary/aromatic N) is 1. The topological polar surface area (TPSA) is 57.8 Å². The maximum absolute atomic E-state index is 11.4. The summed E-state index contributed by atoms with van der Waals surface area (Å²) in [4.78, 5) is 20.9. The van der Waals surface area contributed by atoms with Crippen molar-refractivity contribution in [2.75, 3.05) is 5.32 Å². The molecule has 0 amide bonds. The molecule has 0 aliphatic carbocycles. The van der Waals surface area contributed by atoms with E-state index < -0.39 is 0 Å². The Labute approximate surface area is 110 Å². The predicted octanol–water partition coefficient (Wildman–Crippen LogP) is 2.93. The summed E-state index contributed by atoms with van der Waals surface area (Å²) in [6, 6.07) is 3.80. The molecule has 1 atom stereocenters. The SMILES string of the molecule is Cc1nc(NC(C)c2cc(C)sc2C)cc(=O)[nH]1. The summed E-state index contributed by atoms with van der Waals surface area (Å²) in [6.07, 6.45) is 0. The molecule has 0 fully saturated rings. The zero-order valence-electron chi connectivity index (χ0n) is 11.0. The van der Waals surface area contributed by atoms with Gasteiger partial charge in [0.1, 0.15) is 11.6 Å². The van der Waals surface area contributed by atoms with Crippen molar-refractivity contribution in [3.05, 3.63) is 43.6 Å². The highest BCUT2D eigenvalue weighted by Gasteiger charge is 2.12. The molecule has 0 saturated carbocycles. The Morgan fingerprint density at radius 2 is 2.06 bits per heavy atom. The smallest absolute Gasteiger partial charge is 0.252 e. The van der Waals surface area contributed by atoms with Gasteiger partial charge in [-0.15, -0.1) is 11.3 Å². The molecule has 2 heterocycles. The third-order valence-corrected chi connectivity index (χ3v) is 3.75. The summed E-state index contributed by atoms with van der Waals surface area (Å²) >= 11 is 1.79. The summed E-state index contributed by atoms with van der Waals surface area (Å²) in [5, 5.41) is 3.27. The lowest BCUT2D eigenvalue weighted by Gasteiger charge is -2.14. The number of hydrogen-bond donors (Lipinski definition) is 2. The Morgan fingerprint density at radius 3 is 2.61 bits per heavy atom. The summed E-state index contributed by atoms with van der Waals surface area (Å²) in [5.74, 6) is 1.24. The predicted molar refractivity (Wildman–Crippen MR) is 75.4 cm³/mol. The van der Waals surface area contributed by atoms with Crippen LogP contribution < -0.4 is 10.9 Å². The van der Waals surface area contributed by atoms with Crippen LogP contribution in [0.2, 0.25) is 0 Å². The zero-order chi connectivity index (χ0) is 13.3. The van der Waals surface area contributed by atoms with Crippen LogP contribution in [0.4, 0.5) is 5.82 Å². The molecule has 5 heteroatoms. The normalized spacial score (nSPS) is 12.4. The van der Waals surface area contributed by atoms with E-state index in [4.69, 9.17) is 0 Å². The lowest BCUT2D eigenvalue weighted by atomic mass is 10.1. The van der Waals surface area contributed by atoms with Crippen molar-refractivity contribution in [2.24, 2.45) is 0 Å². The number of aryl methyl sites for hydroxylation is 3. The van der Waals surface area contributed by atoms with Crippen molar-refractivity contribution in [3.63, 3.8) is 0 Å². The minimum Gasteiger partial charge on any atom is -0.363 e. The number of H-pyrrole nitrogens is 1. The van der Waals surface area contributed by atoms with Gasteiger partial charge in [0.2, 0.25) is 0 Å². The first-order valence-corrected chi connectivity index (χ1v) is 6.69. The van der Waals surface area contributed by atoms with Crippen molar-refractivity contribution >= 4 is 17.2 Å². The van der Waals surface area contributed by atoms with Gasteiger partial charge >= 0.3 is 0 Å². The number of thiophene rings is 1. The van der Waals surface area contributed by atoms with Crippen molar-refractivity contribution in [2.45, 2.75) is 33.7 Å². The first-order valence-electron chi connectivity index (χ1n) is 5.87. The molecule has 4 nitrogen and oxygen atoms in total. The third kappa shape index (κ3) is 2.79. The summed E-state index contributed by atoms with van der Waals surface area (Å²) in [6.45, 7) is 8.06. The van der Waals surface area contributed by atoms with E-state index in [-0.39, 0.29) is 11.6 Å². The van der Waals surface area contributed by atoms with E-state index in [0.29, 0.717) is 11.6 Å². The van der Waals surface area contributed by atoms with Gasteiger partial charge in [-0.05, 0) is 39.3 Å². The van der Waals surface area contributed by atoms with Crippen LogP contribution in [0.25, 0.3) is 0 Å². The first-order chi connectivity index (χ1) is 8.45. The molecular formula is C13H17N3OS. The highest BCUT2D eigenvalue weighted by atomic mass is 32.1. The maximum atomic E-state index is 11.4. The highest BCUT2D eigenvalue weighted by Crippen LogP contribution is 2.27. The number of aromatic amines is 1. The Kier molecular flexibility index (Phi) is 3.52. The monoisotopic (exact) mass is 263 g/mol. The fraction of sp³-hybridized carbons (Fsp3) is 0.385. The van der Waals surface area contributed by atoms with Crippen LogP contribution in [0.3, 0.4) is 0 Å². The standard InChI is InChI=1S/C13H17N3OS/c1-7-5-11(9(3)18-7)8(2)14-12-6-13(17)16-10(4)15-12/h5-6,8H,1-4H3,(H2,14,15,16,17). The fourth-order valence-corrected chi connectivity index (χ4v) is 3.06. The fourth-order valence-electron chi connectivity index (χ4n) is 2.03. The van der Waals surface area contributed by atoms with Gasteiger partial charge in [0, 0.05) is 15.8 Å². The number of aromatic nitrogens is 2. The second-order valence-corrected chi connectivity index (χ2v) is 5.91. The maximum Gasteiger partial charge on any atom is 0.252 e. The number of nitrogens with one attached hydrogen (secondary N) is 2. The highest BCUT2D eigenvalue weighted by molar-refractivity contribution is 7.12. The van der Waals surface area contributed by atoms with Crippen LogP contribution in [0.15, 0.2) is 16.9 Å². The molecule has 0 aliphatic heterocycles. The van der Waals surface area contributed by atoms with Crippen molar-refractivity contribution < 1.29 is 0 Å². The van der Waals surface area contributed by atoms with E-state index in [1.165, 1.54) is 21.4 Å². The second kappa shape index (κ2) is 4.94. The Hall–Kier alpha value is -1.62. The molecule has 1 unspecified atom stereocenters. The van der Waals surface area contributed by atoms with Crippen LogP contribution in [0.1, 0.15) is 34.1 Å². The molecule has 18 heavy (non-hydrogen) atoms. The molecule has 0 aromatic carbocycles. The van der Waals surface area contributed by atoms with Gasteiger partial charge < -0.3 is 10.3 Å². The minimum absolute atomic E-state index is 0.129. The largest absolute Gasteiger partial charge is 0.363 e. The molecule has 2 aromatic rings. The number of rotatable bonds is 3. The molecule has 2 rings (SSSR count). The number of anilines is 1. The summed E-state index contributed by atoms with van der Waals surface area (Å²) in [5.41, 5.74) is 1.13. The number of hydrogen-bond acceptors (Lipinski definition) is 4. The van der Waals surface area contributed by atoms with E-state index in [1.54, 1.807) is 18.3 Å². The lowest BCUT2D eigenvalue weighted by Crippen LogP contribution is -2.14. The Balaban J connectivity index is 2.23. The van der Waals surface area contributed by atoms with E-state index >= 15 is 0 Å². The molecule has 0 saturated heterocycles. The van der Waals surface area contributed by atoms with E-state index in [0.717, 1.165) is 0 Å². The van der Waals surface area contributed by atoms with E-state index in [2.05, 4.69) is 42.1 Å². The summed E-state index contributed by atoms with van der Waals surface area (Å²) < 4.78 is 0. The van der Waals surface area contributed by atoms with Crippen LogP contribution in [0.5, 0.6) is 0 Å². The molecule has 0 radical (unpaired) electrons. The van der Waals surface area contributed by atoms with Gasteiger partial charge in [-0.1, -0.05) is 0 Å². The average Bonchev–Trinajstić information content (AvgIpc) is 2.56. The lowest BCUT2D eigenvalue weighted by molar-refractivity contribution is 0.861. The van der Waals surface area contributed by atoms with Crippen molar-refractivity contribution in [3.8, 4) is 0 Å². The van der Waals surface area contributed by atoms with Gasteiger partial charge in [0.25, 0.3) is 5.56 Å². The Bertz CT molecular complexity index is 615. The second-order valence-electron chi connectivity index (χ2n) is 4.45. The van der Waals surface area contributed by atoms with Gasteiger partial charge in [-0.2, -0.15) is 0 Å². The quantitative estimate of drug-likeness (QED) is 0.895. The molecule has 0 aliphatic rings. The van der Waals surface area contributed by atoms with Gasteiger partial charge in [-0.25, -0.2) is 4.98 Å².